The molecule has 0 bridgehead atoms. The minimum absolute atomic E-state index is 0.124. The summed E-state index contributed by atoms with van der Waals surface area (Å²) in [6.45, 7) is 4.15. The number of aromatic nitrogens is 1. The van der Waals surface area contributed by atoms with Crippen LogP contribution in [-0.2, 0) is 17.8 Å². The fourth-order valence-corrected chi connectivity index (χ4v) is 5.42. The van der Waals surface area contributed by atoms with Crippen molar-refractivity contribution in [2.45, 2.75) is 64.2 Å². The molecule has 2 atom stereocenters. The van der Waals surface area contributed by atoms with Gasteiger partial charge in [0.2, 0.25) is 0 Å². The van der Waals surface area contributed by atoms with Gasteiger partial charge in [0.1, 0.15) is 11.6 Å². The molecular weight excluding hydrogens is 540 g/mol. The number of aliphatic hydroxyl groups excluding tert-OH is 2. The molecule has 220 valence electrons. The number of Topliss-reactive ketones (excluding diaryl/α,β-unsaturated/α-hetero) is 1. The Bertz CT molecular complexity index is 1510. The van der Waals surface area contributed by atoms with Gasteiger partial charge in [-0.3, -0.25) is 9.59 Å². The van der Waals surface area contributed by atoms with Crippen LogP contribution in [0, 0.1) is 11.6 Å². The summed E-state index contributed by atoms with van der Waals surface area (Å²) in [5.74, 6) is -2.30. The summed E-state index contributed by atoms with van der Waals surface area (Å²) < 4.78 is 30.0. The van der Waals surface area contributed by atoms with Gasteiger partial charge in [0.05, 0.1) is 24.3 Å². The van der Waals surface area contributed by atoms with Crippen LogP contribution < -0.4 is 0 Å². The average Bonchev–Trinajstić information content (AvgIpc) is 3.28. The molecule has 0 aliphatic heterocycles. The van der Waals surface area contributed by atoms with Gasteiger partial charge >= 0.3 is 5.97 Å². The molecule has 0 radical (unpaired) electrons. The number of aliphatic carboxylic acids is 1. The number of benzene rings is 3. The average molecular weight is 576 g/mol. The number of hydrogen-bond acceptors (Lipinski definition) is 4. The van der Waals surface area contributed by atoms with Crippen LogP contribution in [0.15, 0.2) is 78.9 Å². The third-order valence-corrected chi connectivity index (χ3v) is 7.23. The highest BCUT2D eigenvalue weighted by Crippen LogP contribution is 2.43. The van der Waals surface area contributed by atoms with E-state index in [4.69, 9.17) is 5.11 Å². The lowest BCUT2D eigenvalue weighted by Crippen LogP contribution is -2.22. The maximum absolute atomic E-state index is 14.2. The molecule has 0 aliphatic carbocycles. The first-order valence-electron chi connectivity index (χ1n) is 14.0. The SMILES string of the molecule is CC(C)c1c(C(=O)Cc2ccccc2)c(-c2ccc(F)cc2)c(-c2ccc(F)cc2)n1CC[C@@H](O)C[C@@H](O)CC(=O)O. The molecule has 0 spiro atoms. The van der Waals surface area contributed by atoms with Gasteiger partial charge in [0, 0.05) is 29.8 Å². The number of hydrogen-bond donors (Lipinski definition) is 3. The zero-order valence-corrected chi connectivity index (χ0v) is 23.6. The zero-order chi connectivity index (χ0) is 30.4. The topological polar surface area (TPSA) is 99.8 Å². The smallest absolute Gasteiger partial charge is 0.305 e. The van der Waals surface area contributed by atoms with E-state index in [9.17, 15) is 28.6 Å². The number of carbonyl (C=O) groups excluding carboxylic acids is 1. The molecular formula is C34H35F2NO5. The molecule has 1 aromatic heterocycles. The second kappa shape index (κ2) is 13.7. The highest BCUT2D eigenvalue weighted by molar-refractivity contribution is 6.08. The van der Waals surface area contributed by atoms with Gasteiger partial charge in [0.15, 0.2) is 5.78 Å². The number of ketones is 1. The first kappa shape index (κ1) is 30.8. The Morgan fingerprint density at radius 1 is 0.810 bits per heavy atom. The Labute approximate surface area is 243 Å². The molecule has 8 heteroatoms. The predicted octanol–water partition coefficient (Wildman–Crippen LogP) is 6.63. The highest BCUT2D eigenvalue weighted by Gasteiger charge is 2.30. The Kier molecular flexibility index (Phi) is 10.0. The van der Waals surface area contributed by atoms with Gasteiger partial charge < -0.3 is 19.9 Å². The molecule has 0 amide bonds. The summed E-state index contributed by atoms with van der Waals surface area (Å²) in [7, 11) is 0. The van der Waals surface area contributed by atoms with Gasteiger partial charge in [-0.15, -0.1) is 0 Å². The van der Waals surface area contributed by atoms with Crippen LogP contribution in [0.25, 0.3) is 22.4 Å². The summed E-state index contributed by atoms with van der Waals surface area (Å²) in [5, 5.41) is 29.8. The zero-order valence-electron chi connectivity index (χ0n) is 23.6. The van der Waals surface area contributed by atoms with Gasteiger partial charge in [-0.2, -0.15) is 0 Å². The van der Waals surface area contributed by atoms with Crippen LogP contribution in [0.1, 0.15) is 60.6 Å². The van der Waals surface area contributed by atoms with Crippen LogP contribution in [0.2, 0.25) is 0 Å². The van der Waals surface area contributed by atoms with E-state index in [1.54, 1.807) is 24.3 Å². The van der Waals surface area contributed by atoms with Crippen LogP contribution in [0.5, 0.6) is 0 Å². The fourth-order valence-electron chi connectivity index (χ4n) is 5.42. The molecule has 0 saturated carbocycles. The molecule has 4 aromatic rings. The third kappa shape index (κ3) is 7.38. The molecule has 3 aromatic carbocycles. The van der Waals surface area contributed by atoms with Crippen molar-refractivity contribution in [2.24, 2.45) is 0 Å². The van der Waals surface area contributed by atoms with Crippen molar-refractivity contribution >= 4 is 11.8 Å². The van der Waals surface area contributed by atoms with Crippen LogP contribution >= 0.6 is 0 Å². The second-order valence-electron chi connectivity index (χ2n) is 10.8. The number of rotatable bonds is 13. The maximum atomic E-state index is 14.2. The van der Waals surface area contributed by atoms with Gasteiger partial charge in [0.25, 0.3) is 0 Å². The molecule has 0 fully saturated rings. The second-order valence-corrected chi connectivity index (χ2v) is 10.8. The molecule has 0 saturated heterocycles. The van der Waals surface area contributed by atoms with E-state index in [1.165, 1.54) is 24.3 Å². The lowest BCUT2D eigenvalue weighted by Gasteiger charge is -2.20. The van der Waals surface area contributed by atoms with Crippen molar-refractivity contribution in [1.82, 2.24) is 4.57 Å². The van der Waals surface area contributed by atoms with Crippen molar-refractivity contribution < 1.29 is 33.7 Å². The minimum atomic E-state index is -1.21. The molecule has 1 heterocycles. The Morgan fingerprint density at radius 2 is 1.38 bits per heavy atom. The molecule has 4 rings (SSSR count). The fraction of sp³-hybridized carbons (Fsp3) is 0.294. The van der Waals surface area contributed by atoms with Crippen LogP contribution in [0.3, 0.4) is 0 Å². The summed E-state index contributed by atoms with van der Waals surface area (Å²) in [6.07, 6.45) is -2.53. The van der Waals surface area contributed by atoms with E-state index in [-0.39, 0.29) is 37.5 Å². The highest BCUT2D eigenvalue weighted by atomic mass is 19.1. The van der Waals surface area contributed by atoms with E-state index >= 15 is 0 Å². The van der Waals surface area contributed by atoms with Crippen molar-refractivity contribution in [3.63, 3.8) is 0 Å². The summed E-state index contributed by atoms with van der Waals surface area (Å²) in [4.78, 5) is 25.1. The summed E-state index contributed by atoms with van der Waals surface area (Å²) in [6, 6.07) is 21.1. The number of carboxylic acids is 1. The summed E-state index contributed by atoms with van der Waals surface area (Å²) in [5.41, 5.74) is 4.49. The Balaban J connectivity index is 1.91. The van der Waals surface area contributed by atoms with E-state index in [2.05, 4.69) is 0 Å². The number of halogens is 2. The lowest BCUT2D eigenvalue weighted by molar-refractivity contribution is -0.139. The van der Waals surface area contributed by atoms with E-state index in [0.717, 1.165) is 5.56 Å². The van der Waals surface area contributed by atoms with Crippen molar-refractivity contribution in [2.75, 3.05) is 0 Å². The molecule has 0 aliphatic rings. The Hall–Kier alpha value is -4.14. The number of carbonyl (C=O) groups is 2. The maximum Gasteiger partial charge on any atom is 0.305 e. The van der Waals surface area contributed by atoms with Gasteiger partial charge in [-0.25, -0.2) is 8.78 Å². The van der Waals surface area contributed by atoms with E-state index in [0.29, 0.717) is 33.6 Å². The van der Waals surface area contributed by atoms with Crippen LogP contribution in [0.4, 0.5) is 8.78 Å². The molecule has 3 N–H and O–H groups in total. The minimum Gasteiger partial charge on any atom is -0.481 e. The summed E-state index contributed by atoms with van der Waals surface area (Å²) >= 11 is 0. The Morgan fingerprint density at radius 3 is 1.93 bits per heavy atom. The molecule has 42 heavy (non-hydrogen) atoms. The van der Waals surface area contributed by atoms with Crippen molar-refractivity contribution in [3.8, 4) is 22.4 Å². The number of nitrogens with zero attached hydrogens (tertiary/aromatic N) is 1. The number of carboxylic acid groups (broad SMARTS) is 1. The quantitative estimate of drug-likeness (QED) is 0.156. The monoisotopic (exact) mass is 575 g/mol. The van der Waals surface area contributed by atoms with Gasteiger partial charge in [-0.1, -0.05) is 56.3 Å². The van der Waals surface area contributed by atoms with E-state index < -0.39 is 36.2 Å². The first-order chi connectivity index (χ1) is 20.0. The van der Waals surface area contributed by atoms with Gasteiger partial charge in [-0.05, 0) is 71.8 Å². The molecule has 6 nitrogen and oxygen atoms in total. The van der Waals surface area contributed by atoms with Crippen molar-refractivity contribution in [1.29, 1.82) is 0 Å². The standard InChI is InChI=1S/C34H35F2NO5/c1-21(2)33-32(29(40)18-22-6-4-3-5-7-22)31(23-8-12-25(35)13-9-23)34(24-10-14-26(36)15-11-24)37(33)17-16-27(38)19-28(39)20-30(41)42/h3-15,21,27-28,38-39H,16-20H2,1-2H3,(H,41,42)/t27-,28-/m1/s1. The molecule has 0 unspecified atom stereocenters. The first-order valence-corrected chi connectivity index (χ1v) is 14.0. The number of aliphatic hydroxyl groups is 2. The lowest BCUT2D eigenvalue weighted by atomic mass is 9.90. The van der Waals surface area contributed by atoms with E-state index in [1.807, 2.05) is 48.7 Å². The van der Waals surface area contributed by atoms with Crippen molar-refractivity contribution in [3.05, 3.63) is 107 Å². The third-order valence-electron chi connectivity index (χ3n) is 7.23. The largest absolute Gasteiger partial charge is 0.481 e. The normalized spacial score (nSPS) is 12.8. The predicted molar refractivity (Wildman–Crippen MR) is 157 cm³/mol. The van der Waals surface area contributed by atoms with Crippen LogP contribution in [-0.4, -0.2) is 43.8 Å².